The van der Waals surface area contributed by atoms with Crippen LogP contribution in [0.1, 0.15) is 37.8 Å². The van der Waals surface area contributed by atoms with Crippen LogP contribution in [0.4, 0.5) is 0 Å². The molecule has 1 aromatic rings. The minimum atomic E-state index is 0.217. The van der Waals surface area contributed by atoms with Gasteiger partial charge in [-0.1, -0.05) is 0 Å². The molecular formula is C21H39N7O. The third kappa shape index (κ3) is 6.69. The van der Waals surface area contributed by atoms with Crippen molar-refractivity contribution in [2.75, 3.05) is 60.0 Å². The van der Waals surface area contributed by atoms with E-state index in [1.54, 1.807) is 0 Å². The van der Waals surface area contributed by atoms with Crippen LogP contribution < -0.4 is 10.6 Å². The van der Waals surface area contributed by atoms with Crippen LogP contribution in [0.25, 0.3) is 0 Å². The standard InChI is InChI=1S/C21H39N7O/c1-5-22-21(23-13-20(26(2)3)18-12-24-27(4)15-18)25-19-6-9-28(10-7-19)14-17-8-11-29-16-17/h12,15,17,19-20H,5-11,13-14,16H2,1-4H3,(H2,22,23,25). The van der Waals surface area contributed by atoms with Crippen LogP contribution in [0, 0.1) is 5.92 Å². The lowest BCUT2D eigenvalue weighted by molar-refractivity contribution is 0.150. The molecule has 3 rings (SSSR count). The van der Waals surface area contributed by atoms with E-state index >= 15 is 0 Å². The molecule has 2 N–H and O–H groups in total. The summed E-state index contributed by atoms with van der Waals surface area (Å²) in [6.45, 7) is 9.08. The van der Waals surface area contributed by atoms with Gasteiger partial charge in [-0.25, -0.2) is 0 Å². The fourth-order valence-electron chi connectivity index (χ4n) is 4.22. The van der Waals surface area contributed by atoms with Crippen molar-refractivity contribution in [3.63, 3.8) is 0 Å². The molecule has 0 amide bonds. The van der Waals surface area contributed by atoms with Crippen molar-refractivity contribution in [2.24, 2.45) is 18.0 Å². The molecular weight excluding hydrogens is 366 g/mol. The molecule has 2 atom stereocenters. The number of nitrogens with one attached hydrogen (secondary N) is 2. The molecule has 0 saturated carbocycles. The second-order valence-corrected chi connectivity index (χ2v) is 8.60. The first-order valence-electron chi connectivity index (χ1n) is 11.0. The van der Waals surface area contributed by atoms with Gasteiger partial charge in [-0.3, -0.25) is 9.67 Å². The van der Waals surface area contributed by atoms with Gasteiger partial charge in [0, 0.05) is 57.6 Å². The summed E-state index contributed by atoms with van der Waals surface area (Å²) in [5.41, 5.74) is 1.20. The first-order chi connectivity index (χ1) is 14.0. The molecule has 2 unspecified atom stereocenters. The van der Waals surface area contributed by atoms with Crippen LogP contribution >= 0.6 is 0 Å². The zero-order chi connectivity index (χ0) is 20.6. The number of hydrogen-bond acceptors (Lipinski definition) is 5. The maximum absolute atomic E-state index is 5.52. The summed E-state index contributed by atoms with van der Waals surface area (Å²) in [5.74, 6) is 1.65. The number of hydrogen-bond donors (Lipinski definition) is 2. The molecule has 0 spiro atoms. The van der Waals surface area contributed by atoms with Gasteiger partial charge < -0.3 is 25.2 Å². The number of guanidine groups is 1. The highest BCUT2D eigenvalue weighted by molar-refractivity contribution is 5.80. The number of likely N-dealkylation sites (N-methyl/N-ethyl adjacent to an activating group) is 1. The van der Waals surface area contributed by atoms with Gasteiger partial charge in [-0.2, -0.15) is 5.10 Å². The number of aromatic nitrogens is 2. The predicted molar refractivity (Wildman–Crippen MR) is 117 cm³/mol. The topological polar surface area (TPSA) is 70.0 Å². The zero-order valence-electron chi connectivity index (χ0n) is 18.6. The number of aryl methyl sites for hydroxylation is 1. The Morgan fingerprint density at radius 2 is 2.14 bits per heavy atom. The van der Waals surface area contributed by atoms with Crippen molar-refractivity contribution in [1.29, 1.82) is 0 Å². The third-order valence-corrected chi connectivity index (χ3v) is 5.97. The van der Waals surface area contributed by atoms with Crippen molar-refractivity contribution in [3.05, 3.63) is 18.0 Å². The summed E-state index contributed by atoms with van der Waals surface area (Å²) in [5, 5.41) is 11.4. The van der Waals surface area contributed by atoms with Crippen LogP contribution in [0.2, 0.25) is 0 Å². The van der Waals surface area contributed by atoms with E-state index in [-0.39, 0.29) is 6.04 Å². The average molecular weight is 406 g/mol. The monoisotopic (exact) mass is 405 g/mol. The third-order valence-electron chi connectivity index (χ3n) is 5.97. The van der Waals surface area contributed by atoms with Gasteiger partial charge in [0.15, 0.2) is 5.96 Å². The molecule has 0 radical (unpaired) electrons. The SMILES string of the molecule is CCNC(=NCC(c1cnn(C)c1)N(C)C)NC1CCN(CC2CCOC2)CC1. The molecule has 2 fully saturated rings. The number of aliphatic imine (C=N–C) groups is 1. The number of piperidine rings is 1. The quantitative estimate of drug-likeness (QED) is 0.498. The maximum Gasteiger partial charge on any atom is 0.191 e. The van der Waals surface area contributed by atoms with Crippen molar-refractivity contribution >= 4 is 5.96 Å². The van der Waals surface area contributed by atoms with Gasteiger partial charge in [0.2, 0.25) is 0 Å². The minimum Gasteiger partial charge on any atom is -0.381 e. The summed E-state index contributed by atoms with van der Waals surface area (Å²) in [6, 6.07) is 0.703. The Balaban J connectivity index is 1.51. The van der Waals surface area contributed by atoms with Crippen molar-refractivity contribution in [3.8, 4) is 0 Å². The molecule has 0 aromatic carbocycles. The fourth-order valence-corrected chi connectivity index (χ4v) is 4.22. The first kappa shape index (κ1) is 22.1. The molecule has 2 aliphatic rings. The van der Waals surface area contributed by atoms with Gasteiger partial charge in [0.05, 0.1) is 25.4 Å². The van der Waals surface area contributed by atoms with Gasteiger partial charge in [0.25, 0.3) is 0 Å². The van der Waals surface area contributed by atoms with Gasteiger partial charge >= 0.3 is 0 Å². The van der Waals surface area contributed by atoms with Gasteiger partial charge in [-0.05, 0) is 46.2 Å². The summed E-state index contributed by atoms with van der Waals surface area (Å²) >= 11 is 0. The molecule has 1 aromatic heterocycles. The highest BCUT2D eigenvalue weighted by atomic mass is 16.5. The normalized spacial score (nSPS) is 22.9. The van der Waals surface area contributed by atoms with E-state index in [4.69, 9.17) is 9.73 Å². The molecule has 2 saturated heterocycles. The molecule has 8 heteroatoms. The molecule has 164 valence electrons. The summed E-state index contributed by atoms with van der Waals surface area (Å²) in [7, 11) is 6.15. The molecule has 0 aliphatic carbocycles. The number of ether oxygens (including phenoxy) is 1. The zero-order valence-corrected chi connectivity index (χ0v) is 18.6. The lowest BCUT2D eigenvalue weighted by Gasteiger charge is -2.34. The lowest BCUT2D eigenvalue weighted by Crippen LogP contribution is -2.49. The minimum absolute atomic E-state index is 0.217. The highest BCUT2D eigenvalue weighted by Crippen LogP contribution is 2.19. The predicted octanol–water partition coefficient (Wildman–Crippen LogP) is 1.08. The molecule has 8 nitrogen and oxygen atoms in total. The van der Waals surface area contributed by atoms with E-state index in [1.165, 1.54) is 18.5 Å². The van der Waals surface area contributed by atoms with E-state index in [0.29, 0.717) is 12.6 Å². The van der Waals surface area contributed by atoms with Gasteiger partial charge in [0.1, 0.15) is 0 Å². The summed E-state index contributed by atoms with van der Waals surface area (Å²) in [4.78, 5) is 9.71. The van der Waals surface area contributed by atoms with Crippen molar-refractivity contribution < 1.29 is 4.74 Å². The Morgan fingerprint density at radius 3 is 2.72 bits per heavy atom. The Hall–Kier alpha value is -1.64. The summed E-state index contributed by atoms with van der Waals surface area (Å²) in [6.07, 6.45) is 7.56. The highest BCUT2D eigenvalue weighted by Gasteiger charge is 2.24. The van der Waals surface area contributed by atoms with Crippen LogP contribution in [0.15, 0.2) is 17.4 Å². The van der Waals surface area contributed by atoms with Crippen molar-refractivity contribution in [1.82, 2.24) is 30.2 Å². The maximum atomic E-state index is 5.52. The second-order valence-electron chi connectivity index (χ2n) is 8.60. The van der Waals surface area contributed by atoms with Crippen molar-refractivity contribution in [2.45, 2.75) is 38.3 Å². The fraction of sp³-hybridized carbons (Fsp3) is 0.810. The number of likely N-dealkylation sites (tertiary alicyclic amines) is 1. The van der Waals surface area contributed by atoms with E-state index in [1.807, 2.05) is 17.9 Å². The Bertz CT molecular complexity index is 631. The van der Waals surface area contributed by atoms with Crippen LogP contribution in [-0.4, -0.2) is 91.6 Å². The van der Waals surface area contributed by atoms with E-state index < -0.39 is 0 Å². The lowest BCUT2D eigenvalue weighted by atomic mass is 10.0. The largest absolute Gasteiger partial charge is 0.381 e. The van der Waals surface area contributed by atoms with E-state index in [9.17, 15) is 0 Å². The Labute approximate surface area is 175 Å². The average Bonchev–Trinajstić information content (AvgIpc) is 3.35. The smallest absolute Gasteiger partial charge is 0.191 e. The number of rotatable bonds is 8. The molecule has 2 aliphatic heterocycles. The Morgan fingerprint density at radius 1 is 1.34 bits per heavy atom. The Kier molecular flexibility index (Phi) is 8.32. The van der Waals surface area contributed by atoms with E-state index in [2.05, 4.69) is 52.7 Å². The van der Waals surface area contributed by atoms with E-state index in [0.717, 1.165) is 57.6 Å². The van der Waals surface area contributed by atoms with Crippen LogP contribution in [0.5, 0.6) is 0 Å². The molecule has 0 bridgehead atoms. The summed E-state index contributed by atoms with van der Waals surface area (Å²) < 4.78 is 7.38. The van der Waals surface area contributed by atoms with Gasteiger partial charge in [-0.15, -0.1) is 0 Å². The number of nitrogens with zero attached hydrogens (tertiary/aromatic N) is 5. The molecule has 29 heavy (non-hydrogen) atoms. The first-order valence-corrected chi connectivity index (χ1v) is 11.0. The van der Waals surface area contributed by atoms with Crippen LogP contribution in [0.3, 0.4) is 0 Å². The molecule has 3 heterocycles. The van der Waals surface area contributed by atoms with Crippen LogP contribution in [-0.2, 0) is 11.8 Å². The second kappa shape index (κ2) is 10.9.